The summed E-state index contributed by atoms with van der Waals surface area (Å²) in [4.78, 5) is 26.0. The van der Waals surface area contributed by atoms with Crippen molar-refractivity contribution in [2.24, 2.45) is 0 Å². The number of rotatable bonds is 8. The van der Waals surface area contributed by atoms with Gasteiger partial charge in [-0.1, -0.05) is 0 Å². The molecule has 0 bridgehead atoms. The number of methoxy groups -OCH3 is 2. The molecular formula is C24H31N7O4. The number of likely N-dealkylation sites (N-methyl/N-ethyl adjacent to an activating group) is 1. The van der Waals surface area contributed by atoms with Crippen LogP contribution in [0.2, 0.25) is 0 Å². The van der Waals surface area contributed by atoms with Crippen molar-refractivity contribution in [3.05, 3.63) is 47.8 Å². The fourth-order valence-electron chi connectivity index (χ4n) is 3.91. The zero-order valence-corrected chi connectivity index (χ0v) is 20.6. The van der Waals surface area contributed by atoms with Crippen LogP contribution in [0.25, 0.3) is 0 Å². The number of hydrogen-bond acceptors (Lipinski definition) is 9. The molecule has 4 rings (SSSR count). The SMILES string of the molecule is COc1cc(COc2cc(NC(=O)c3cnc(N4C[C@@H](C)N(C)[C@@H](C)C4)nc3)[nH]n2)cc(OC)c1. The lowest BCUT2D eigenvalue weighted by atomic mass is 10.1. The lowest BCUT2D eigenvalue weighted by Crippen LogP contribution is -2.55. The van der Waals surface area contributed by atoms with Gasteiger partial charge in [0.15, 0.2) is 0 Å². The van der Waals surface area contributed by atoms with E-state index in [1.165, 1.54) is 12.4 Å². The highest BCUT2D eigenvalue weighted by Gasteiger charge is 2.28. The highest BCUT2D eigenvalue weighted by molar-refractivity contribution is 6.03. The molecule has 0 saturated carbocycles. The molecule has 3 heterocycles. The van der Waals surface area contributed by atoms with Crippen LogP contribution in [-0.4, -0.2) is 77.4 Å². The van der Waals surface area contributed by atoms with Crippen LogP contribution in [0.4, 0.5) is 11.8 Å². The number of aromatic amines is 1. The van der Waals surface area contributed by atoms with Crippen LogP contribution in [0.1, 0.15) is 29.8 Å². The Morgan fingerprint density at radius 1 is 1.06 bits per heavy atom. The smallest absolute Gasteiger partial charge is 0.259 e. The Morgan fingerprint density at radius 3 is 2.29 bits per heavy atom. The topological polar surface area (TPSA) is 118 Å². The number of H-pyrrole nitrogens is 1. The molecule has 2 N–H and O–H groups in total. The van der Waals surface area contributed by atoms with Gasteiger partial charge in [-0.3, -0.25) is 14.8 Å². The van der Waals surface area contributed by atoms with E-state index in [4.69, 9.17) is 14.2 Å². The second-order valence-corrected chi connectivity index (χ2v) is 8.62. The van der Waals surface area contributed by atoms with Gasteiger partial charge in [-0.15, -0.1) is 5.10 Å². The molecule has 0 unspecified atom stereocenters. The van der Waals surface area contributed by atoms with Crippen LogP contribution in [0.3, 0.4) is 0 Å². The molecule has 186 valence electrons. The minimum atomic E-state index is -0.343. The molecule has 1 fully saturated rings. The molecule has 2 atom stereocenters. The fraction of sp³-hybridized carbons (Fsp3) is 0.417. The largest absolute Gasteiger partial charge is 0.497 e. The van der Waals surface area contributed by atoms with Gasteiger partial charge >= 0.3 is 0 Å². The highest BCUT2D eigenvalue weighted by Crippen LogP contribution is 2.24. The van der Waals surface area contributed by atoms with Crippen LogP contribution in [-0.2, 0) is 6.61 Å². The third-order valence-corrected chi connectivity index (χ3v) is 6.14. The molecule has 1 amide bonds. The summed E-state index contributed by atoms with van der Waals surface area (Å²) in [6.07, 6.45) is 3.07. The molecule has 1 aliphatic rings. The predicted molar refractivity (Wildman–Crippen MR) is 131 cm³/mol. The number of carbonyl (C=O) groups is 1. The maximum atomic E-state index is 12.7. The average molecular weight is 482 g/mol. The van der Waals surface area contributed by atoms with E-state index in [0.717, 1.165) is 18.7 Å². The second kappa shape index (κ2) is 10.6. The Balaban J connectivity index is 1.33. The molecule has 1 aromatic carbocycles. The Kier molecular flexibility index (Phi) is 7.35. The first kappa shape index (κ1) is 24.3. The van der Waals surface area contributed by atoms with Crippen LogP contribution < -0.4 is 24.4 Å². The summed E-state index contributed by atoms with van der Waals surface area (Å²) < 4.78 is 16.3. The van der Waals surface area contributed by atoms with Crippen molar-refractivity contribution in [1.82, 2.24) is 25.1 Å². The van der Waals surface area contributed by atoms with Gasteiger partial charge in [-0.05, 0) is 38.6 Å². The third-order valence-electron chi connectivity index (χ3n) is 6.14. The monoisotopic (exact) mass is 481 g/mol. The van der Waals surface area contributed by atoms with E-state index in [9.17, 15) is 4.79 Å². The number of aromatic nitrogens is 4. The number of hydrogen-bond donors (Lipinski definition) is 2. The van der Waals surface area contributed by atoms with Crippen LogP contribution >= 0.6 is 0 Å². The summed E-state index contributed by atoms with van der Waals surface area (Å²) in [6, 6.07) is 7.89. The highest BCUT2D eigenvalue weighted by atomic mass is 16.5. The number of nitrogens with one attached hydrogen (secondary N) is 2. The minimum Gasteiger partial charge on any atom is -0.497 e. The molecule has 1 aliphatic heterocycles. The van der Waals surface area contributed by atoms with E-state index in [-0.39, 0.29) is 12.5 Å². The molecule has 11 heteroatoms. The summed E-state index contributed by atoms with van der Waals surface area (Å²) in [5, 5.41) is 9.60. The maximum Gasteiger partial charge on any atom is 0.259 e. The lowest BCUT2D eigenvalue weighted by Gasteiger charge is -2.42. The molecule has 0 spiro atoms. The van der Waals surface area contributed by atoms with Gasteiger partial charge in [0.2, 0.25) is 11.8 Å². The number of ether oxygens (including phenoxy) is 3. The Labute approximate surface area is 204 Å². The maximum absolute atomic E-state index is 12.7. The number of amides is 1. The molecule has 1 saturated heterocycles. The Morgan fingerprint density at radius 2 is 1.69 bits per heavy atom. The molecule has 0 aliphatic carbocycles. The van der Waals surface area contributed by atoms with Gasteiger partial charge in [0.05, 0.1) is 19.8 Å². The Bertz CT molecular complexity index is 1120. The van der Waals surface area contributed by atoms with Crippen molar-refractivity contribution in [3.63, 3.8) is 0 Å². The lowest BCUT2D eigenvalue weighted by molar-refractivity contribution is 0.102. The molecule has 11 nitrogen and oxygen atoms in total. The summed E-state index contributed by atoms with van der Waals surface area (Å²) in [7, 11) is 5.31. The number of carbonyl (C=O) groups excluding carboxylic acids is 1. The minimum absolute atomic E-state index is 0.255. The third kappa shape index (κ3) is 5.80. The normalized spacial score (nSPS) is 18.3. The van der Waals surface area contributed by atoms with Crippen molar-refractivity contribution in [3.8, 4) is 17.4 Å². The molecule has 3 aromatic rings. The number of benzene rings is 1. The first-order valence-corrected chi connectivity index (χ1v) is 11.4. The number of nitrogens with zero attached hydrogens (tertiary/aromatic N) is 5. The predicted octanol–water partition coefficient (Wildman–Crippen LogP) is 2.58. The first-order valence-electron chi connectivity index (χ1n) is 11.4. The molecule has 2 aromatic heterocycles. The summed E-state index contributed by atoms with van der Waals surface area (Å²) in [5.74, 6) is 2.36. The summed E-state index contributed by atoms with van der Waals surface area (Å²) in [6.45, 7) is 6.29. The summed E-state index contributed by atoms with van der Waals surface area (Å²) >= 11 is 0. The zero-order valence-electron chi connectivity index (χ0n) is 20.6. The van der Waals surface area contributed by atoms with E-state index in [2.05, 4.69) is 56.2 Å². The van der Waals surface area contributed by atoms with E-state index in [1.807, 2.05) is 12.1 Å². The zero-order chi connectivity index (χ0) is 24.9. The fourth-order valence-corrected chi connectivity index (χ4v) is 3.91. The standard InChI is InChI=1S/C24H31N7O4/c1-15-12-31(13-16(2)30(15)3)24-25-10-18(11-26-24)23(32)27-21-9-22(29-28-21)35-14-17-6-19(33-4)8-20(7-17)34-5/h6-11,15-16H,12-14H2,1-5H3,(H2,27,28,29,32)/t15-,16+. The quantitative estimate of drug-likeness (QED) is 0.500. The van der Waals surface area contributed by atoms with Crippen molar-refractivity contribution < 1.29 is 19.0 Å². The van der Waals surface area contributed by atoms with E-state index < -0.39 is 0 Å². The summed E-state index contributed by atoms with van der Waals surface area (Å²) in [5.41, 5.74) is 1.21. The van der Waals surface area contributed by atoms with E-state index in [0.29, 0.717) is 46.8 Å². The van der Waals surface area contributed by atoms with Gasteiger partial charge < -0.3 is 24.4 Å². The van der Waals surface area contributed by atoms with Gasteiger partial charge in [-0.2, -0.15) is 0 Å². The second-order valence-electron chi connectivity index (χ2n) is 8.62. The van der Waals surface area contributed by atoms with Crippen LogP contribution in [0.15, 0.2) is 36.7 Å². The number of anilines is 2. The van der Waals surface area contributed by atoms with E-state index >= 15 is 0 Å². The van der Waals surface area contributed by atoms with Gasteiger partial charge in [0, 0.05) is 49.7 Å². The average Bonchev–Trinajstić information content (AvgIpc) is 3.32. The molecule has 35 heavy (non-hydrogen) atoms. The van der Waals surface area contributed by atoms with Crippen LogP contribution in [0.5, 0.6) is 17.4 Å². The van der Waals surface area contributed by atoms with Gasteiger partial charge in [-0.25, -0.2) is 9.97 Å². The van der Waals surface area contributed by atoms with Crippen molar-refractivity contribution in [1.29, 1.82) is 0 Å². The van der Waals surface area contributed by atoms with Crippen molar-refractivity contribution >= 4 is 17.7 Å². The van der Waals surface area contributed by atoms with Crippen molar-refractivity contribution in [2.45, 2.75) is 32.5 Å². The number of piperazine rings is 1. The molecular weight excluding hydrogens is 450 g/mol. The first-order chi connectivity index (χ1) is 16.9. The van der Waals surface area contributed by atoms with Crippen LogP contribution in [0, 0.1) is 0 Å². The van der Waals surface area contributed by atoms with Crippen molar-refractivity contribution in [2.75, 3.05) is 44.6 Å². The van der Waals surface area contributed by atoms with Gasteiger partial charge in [0.1, 0.15) is 23.9 Å². The molecule has 0 radical (unpaired) electrons. The van der Waals surface area contributed by atoms with Gasteiger partial charge in [0.25, 0.3) is 5.91 Å². The Hall–Kier alpha value is -3.86. The van der Waals surface area contributed by atoms with E-state index in [1.54, 1.807) is 26.4 Å².